The van der Waals surface area contributed by atoms with E-state index in [1.165, 1.54) is 10.7 Å². The van der Waals surface area contributed by atoms with Crippen LogP contribution in [0.5, 0.6) is 0 Å². The summed E-state index contributed by atoms with van der Waals surface area (Å²) >= 11 is 0. The van der Waals surface area contributed by atoms with Gasteiger partial charge in [-0.25, -0.2) is 9.67 Å². The Morgan fingerprint density at radius 2 is 1.91 bits per heavy atom. The minimum atomic E-state index is -4.44. The van der Waals surface area contributed by atoms with Crippen LogP contribution in [0.4, 0.5) is 18.9 Å². The molecule has 1 aromatic carbocycles. The number of hydrogen-bond donors (Lipinski definition) is 4. The Balaban J connectivity index is 1.58. The maximum atomic E-state index is 12.3. The van der Waals surface area contributed by atoms with E-state index < -0.39 is 19.1 Å². The number of imidazole rings is 1. The quantitative estimate of drug-likeness (QED) is 0.289. The summed E-state index contributed by atoms with van der Waals surface area (Å²) in [5.41, 5.74) is 3.44. The summed E-state index contributed by atoms with van der Waals surface area (Å²) < 4.78 is 40.0. The number of pyridine rings is 1. The van der Waals surface area contributed by atoms with Crippen molar-refractivity contribution >= 4 is 11.3 Å². The fourth-order valence-electron chi connectivity index (χ4n) is 3.40. The van der Waals surface area contributed by atoms with Crippen molar-refractivity contribution in [1.82, 2.24) is 24.5 Å². The molecule has 0 spiro atoms. The molecule has 34 heavy (non-hydrogen) atoms. The molecule has 3 heterocycles. The van der Waals surface area contributed by atoms with Crippen molar-refractivity contribution in [1.29, 1.82) is 0 Å². The minimum absolute atomic E-state index is 0.0905. The van der Waals surface area contributed by atoms with Crippen LogP contribution in [0.15, 0.2) is 65.7 Å². The van der Waals surface area contributed by atoms with Gasteiger partial charge in [0.25, 0.3) is 5.56 Å². The van der Waals surface area contributed by atoms with Crippen LogP contribution in [0.3, 0.4) is 0 Å². The van der Waals surface area contributed by atoms with Crippen LogP contribution in [0.25, 0.3) is 28.2 Å². The molecule has 178 valence electrons. The highest BCUT2D eigenvalue weighted by molar-refractivity contribution is 5.71. The zero-order valence-corrected chi connectivity index (χ0v) is 17.7. The number of anilines is 1. The molecular weight excluding hydrogens is 453 g/mol. The number of nitrogens with one attached hydrogen (secondary N) is 2. The highest BCUT2D eigenvalue weighted by Gasteiger charge is 2.27. The topological polar surface area (TPSA) is 117 Å². The standard InChI is InChI=1S/C22H21F3N6O3/c23-22(24,25)13-27-21(34)28-16-3-1-2-15(10-16)18-12-26-19-11-14(6-7-30(18)19)17-4-5-20(33)31(29-17)8-9-32/h1-7,10-12,21,27-28,32,34H,8-9,13H2. The fourth-order valence-corrected chi connectivity index (χ4v) is 3.40. The van der Waals surface area contributed by atoms with Crippen molar-refractivity contribution in [3.8, 4) is 22.5 Å². The normalized spacial score (nSPS) is 12.7. The van der Waals surface area contributed by atoms with Crippen molar-refractivity contribution < 1.29 is 23.4 Å². The number of aromatic nitrogens is 4. The second-order valence-corrected chi connectivity index (χ2v) is 7.41. The summed E-state index contributed by atoms with van der Waals surface area (Å²) in [7, 11) is 0. The average Bonchev–Trinajstić information content (AvgIpc) is 3.22. The molecule has 4 aromatic rings. The summed E-state index contributed by atoms with van der Waals surface area (Å²) in [5.74, 6) is 0. The van der Waals surface area contributed by atoms with E-state index in [0.717, 1.165) is 16.8 Å². The van der Waals surface area contributed by atoms with Gasteiger partial charge in [0.05, 0.1) is 37.3 Å². The van der Waals surface area contributed by atoms with Gasteiger partial charge in [-0.05, 0) is 30.3 Å². The third-order valence-electron chi connectivity index (χ3n) is 4.94. The van der Waals surface area contributed by atoms with Crippen molar-refractivity contribution in [3.05, 3.63) is 71.3 Å². The molecule has 4 rings (SSSR count). The first-order valence-electron chi connectivity index (χ1n) is 10.3. The van der Waals surface area contributed by atoms with Gasteiger partial charge in [-0.15, -0.1) is 0 Å². The molecule has 0 saturated heterocycles. The van der Waals surface area contributed by atoms with Gasteiger partial charge in [0.15, 0.2) is 6.35 Å². The van der Waals surface area contributed by atoms with Crippen LogP contribution in [-0.4, -0.2) is 55.1 Å². The highest BCUT2D eigenvalue weighted by Crippen LogP contribution is 2.26. The lowest BCUT2D eigenvalue weighted by Crippen LogP contribution is -2.41. The molecule has 0 radical (unpaired) electrons. The molecule has 12 heteroatoms. The van der Waals surface area contributed by atoms with Crippen LogP contribution < -0.4 is 16.2 Å². The first-order valence-corrected chi connectivity index (χ1v) is 10.3. The number of benzene rings is 1. The van der Waals surface area contributed by atoms with Gasteiger partial charge in [0.2, 0.25) is 0 Å². The average molecular weight is 474 g/mol. The van der Waals surface area contributed by atoms with E-state index in [0.29, 0.717) is 17.0 Å². The monoisotopic (exact) mass is 474 g/mol. The van der Waals surface area contributed by atoms with Crippen LogP contribution in [0.1, 0.15) is 0 Å². The molecule has 0 amide bonds. The van der Waals surface area contributed by atoms with Crippen molar-refractivity contribution in [3.63, 3.8) is 0 Å². The largest absolute Gasteiger partial charge is 0.401 e. The van der Waals surface area contributed by atoms with E-state index in [4.69, 9.17) is 5.11 Å². The van der Waals surface area contributed by atoms with Gasteiger partial charge in [-0.1, -0.05) is 12.1 Å². The predicted octanol–water partition coefficient (Wildman–Crippen LogP) is 2.06. The maximum absolute atomic E-state index is 12.3. The van der Waals surface area contributed by atoms with Crippen LogP contribution in [0.2, 0.25) is 0 Å². The Labute approximate surface area is 191 Å². The number of aliphatic hydroxyl groups excluding tert-OH is 2. The van der Waals surface area contributed by atoms with E-state index in [1.807, 2.05) is 15.8 Å². The predicted molar refractivity (Wildman–Crippen MR) is 119 cm³/mol. The smallest absolute Gasteiger partial charge is 0.394 e. The Morgan fingerprint density at radius 3 is 2.68 bits per heavy atom. The van der Waals surface area contributed by atoms with Crippen molar-refractivity contribution in [2.75, 3.05) is 18.5 Å². The van der Waals surface area contributed by atoms with Crippen LogP contribution in [0, 0.1) is 0 Å². The molecule has 0 aliphatic rings. The molecule has 0 saturated carbocycles. The molecule has 0 bridgehead atoms. The molecule has 0 aliphatic carbocycles. The number of rotatable bonds is 8. The Morgan fingerprint density at radius 1 is 1.09 bits per heavy atom. The van der Waals surface area contributed by atoms with Gasteiger partial charge in [0, 0.05) is 29.1 Å². The summed E-state index contributed by atoms with van der Waals surface area (Å²) in [6, 6.07) is 13.4. The Bertz CT molecular complexity index is 1350. The van der Waals surface area contributed by atoms with Crippen molar-refractivity contribution in [2.45, 2.75) is 19.1 Å². The number of halogens is 3. The van der Waals surface area contributed by atoms with Gasteiger partial charge in [-0.2, -0.15) is 18.3 Å². The van der Waals surface area contributed by atoms with Crippen molar-refractivity contribution in [2.24, 2.45) is 0 Å². The third-order valence-corrected chi connectivity index (χ3v) is 4.94. The molecule has 4 N–H and O–H groups in total. The van der Waals surface area contributed by atoms with Gasteiger partial charge in [0.1, 0.15) is 5.65 Å². The van der Waals surface area contributed by atoms with E-state index >= 15 is 0 Å². The summed E-state index contributed by atoms with van der Waals surface area (Å²) in [6.07, 6.45) is -2.58. The number of aliphatic hydroxyl groups is 2. The van der Waals surface area contributed by atoms with E-state index in [-0.39, 0.29) is 18.7 Å². The van der Waals surface area contributed by atoms with E-state index in [9.17, 15) is 23.1 Å². The lowest BCUT2D eigenvalue weighted by atomic mass is 10.1. The van der Waals surface area contributed by atoms with Crippen LogP contribution >= 0.6 is 0 Å². The molecule has 3 aromatic heterocycles. The first-order chi connectivity index (χ1) is 16.2. The number of nitrogens with zero attached hydrogens (tertiary/aromatic N) is 4. The molecule has 1 atom stereocenters. The molecule has 1 unspecified atom stereocenters. The van der Waals surface area contributed by atoms with E-state index in [1.54, 1.807) is 48.8 Å². The highest BCUT2D eigenvalue weighted by atomic mass is 19.4. The lowest BCUT2D eigenvalue weighted by Gasteiger charge is -2.17. The SMILES string of the molecule is O=c1ccc(-c2ccn3c(-c4cccc(NC(O)NCC(F)(F)F)c4)cnc3c2)nn1CCO. The van der Waals surface area contributed by atoms with E-state index in [2.05, 4.69) is 15.4 Å². The summed E-state index contributed by atoms with van der Waals surface area (Å²) in [4.78, 5) is 16.3. The zero-order chi connectivity index (χ0) is 24.3. The zero-order valence-electron chi connectivity index (χ0n) is 17.7. The molecule has 0 fully saturated rings. The number of hydrogen-bond acceptors (Lipinski definition) is 7. The number of fused-ring (bicyclic) bond motifs is 1. The Kier molecular flexibility index (Phi) is 6.63. The summed E-state index contributed by atoms with van der Waals surface area (Å²) in [6.45, 7) is -1.45. The first kappa shape index (κ1) is 23.4. The summed E-state index contributed by atoms with van der Waals surface area (Å²) in [5, 5.41) is 27.7. The van der Waals surface area contributed by atoms with Gasteiger partial charge >= 0.3 is 6.18 Å². The molecule has 0 aliphatic heterocycles. The molecule has 9 nitrogen and oxygen atoms in total. The lowest BCUT2D eigenvalue weighted by molar-refractivity contribution is -0.130. The van der Waals surface area contributed by atoms with Crippen LogP contribution in [-0.2, 0) is 6.54 Å². The van der Waals surface area contributed by atoms with Gasteiger partial charge in [-0.3, -0.25) is 14.5 Å². The fraction of sp³-hybridized carbons (Fsp3) is 0.227. The third kappa shape index (κ3) is 5.42. The Hall–Kier alpha value is -3.74. The van der Waals surface area contributed by atoms with Gasteiger partial charge < -0.3 is 15.5 Å². The molecular formula is C22H21F3N6O3. The second-order valence-electron chi connectivity index (χ2n) is 7.41. The second kappa shape index (κ2) is 9.63. The number of alkyl halides is 3. The minimum Gasteiger partial charge on any atom is -0.394 e. The maximum Gasteiger partial charge on any atom is 0.401 e.